The molecular formula is C18H28FIN4O3. The van der Waals surface area contributed by atoms with E-state index in [-0.39, 0.29) is 42.4 Å². The smallest absolute Gasteiger partial charge is 0.410 e. The Labute approximate surface area is 176 Å². The number of rotatable bonds is 3. The lowest BCUT2D eigenvalue weighted by molar-refractivity contribution is 0.0186. The summed E-state index contributed by atoms with van der Waals surface area (Å²) in [6.45, 7) is 7.94. The van der Waals surface area contributed by atoms with E-state index in [2.05, 4.69) is 4.99 Å². The highest BCUT2D eigenvalue weighted by atomic mass is 127. The fraction of sp³-hybridized carbons (Fsp3) is 0.556. The summed E-state index contributed by atoms with van der Waals surface area (Å²) in [5, 5.41) is 0. The molecule has 1 amide bonds. The fourth-order valence-corrected chi connectivity index (χ4v) is 2.55. The van der Waals surface area contributed by atoms with Gasteiger partial charge in [-0.25, -0.2) is 14.2 Å². The van der Waals surface area contributed by atoms with Crippen LogP contribution >= 0.6 is 24.0 Å². The zero-order valence-electron chi connectivity index (χ0n) is 16.2. The van der Waals surface area contributed by atoms with Crippen molar-refractivity contribution >= 4 is 36.0 Å². The first kappa shape index (κ1) is 23.3. The molecule has 1 aliphatic rings. The van der Waals surface area contributed by atoms with Crippen molar-refractivity contribution < 1.29 is 18.7 Å². The summed E-state index contributed by atoms with van der Waals surface area (Å²) >= 11 is 0. The molecule has 27 heavy (non-hydrogen) atoms. The first-order valence-corrected chi connectivity index (χ1v) is 8.54. The van der Waals surface area contributed by atoms with Crippen LogP contribution in [0.5, 0.6) is 5.75 Å². The number of hydrogen-bond acceptors (Lipinski definition) is 4. The lowest BCUT2D eigenvalue weighted by Gasteiger charge is -2.36. The van der Waals surface area contributed by atoms with Crippen LogP contribution in [0.1, 0.15) is 26.3 Å². The monoisotopic (exact) mass is 494 g/mol. The number of amides is 1. The van der Waals surface area contributed by atoms with E-state index in [4.69, 9.17) is 15.2 Å². The largest absolute Gasteiger partial charge is 0.497 e. The predicted molar refractivity (Wildman–Crippen MR) is 113 cm³/mol. The van der Waals surface area contributed by atoms with E-state index in [0.717, 1.165) is 0 Å². The minimum atomic E-state index is -0.513. The second-order valence-corrected chi connectivity index (χ2v) is 7.13. The van der Waals surface area contributed by atoms with Crippen molar-refractivity contribution in [1.82, 2.24) is 9.80 Å². The molecule has 1 heterocycles. The van der Waals surface area contributed by atoms with Crippen molar-refractivity contribution in [3.8, 4) is 5.75 Å². The van der Waals surface area contributed by atoms with E-state index in [1.165, 1.54) is 19.2 Å². The van der Waals surface area contributed by atoms with Gasteiger partial charge < -0.3 is 25.0 Å². The van der Waals surface area contributed by atoms with Crippen molar-refractivity contribution in [2.75, 3.05) is 33.3 Å². The number of carbonyl (C=O) groups is 1. The maximum atomic E-state index is 13.5. The lowest BCUT2D eigenvalue weighted by atomic mass is 10.2. The molecule has 1 aromatic rings. The van der Waals surface area contributed by atoms with Gasteiger partial charge in [0.05, 0.1) is 13.7 Å². The van der Waals surface area contributed by atoms with Gasteiger partial charge in [-0.2, -0.15) is 0 Å². The highest BCUT2D eigenvalue weighted by Gasteiger charge is 2.26. The Morgan fingerprint density at radius 3 is 2.33 bits per heavy atom. The Morgan fingerprint density at radius 2 is 1.78 bits per heavy atom. The van der Waals surface area contributed by atoms with Crippen molar-refractivity contribution in [1.29, 1.82) is 0 Å². The molecule has 7 nitrogen and oxygen atoms in total. The lowest BCUT2D eigenvalue weighted by Crippen LogP contribution is -2.53. The molecule has 1 aliphatic heterocycles. The molecule has 9 heteroatoms. The van der Waals surface area contributed by atoms with Crippen LogP contribution in [0.25, 0.3) is 0 Å². The van der Waals surface area contributed by atoms with Crippen molar-refractivity contribution in [2.24, 2.45) is 10.7 Å². The number of halogens is 2. The third-order valence-corrected chi connectivity index (χ3v) is 3.85. The Morgan fingerprint density at radius 1 is 1.19 bits per heavy atom. The maximum Gasteiger partial charge on any atom is 0.410 e. The third-order valence-electron chi connectivity index (χ3n) is 3.85. The Balaban J connectivity index is 0.00000364. The summed E-state index contributed by atoms with van der Waals surface area (Å²) < 4.78 is 23.9. The number of nitrogens with zero attached hydrogens (tertiary/aromatic N) is 3. The maximum absolute atomic E-state index is 13.5. The molecule has 1 fully saturated rings. The van der Waals surface area contributed by atoms with Gasteiger partial charge in [-0.15, -0.1) is 24.0 Å². The van der Waals surface area contributed by atoms with Crippen molar-refractivity contribution in [2.45, 2.75) is 32.9 Å². The van der Waals surface area contributed by atoms with Gasteiger partial charge in [-0.1, -0.05) is 0 Å². The van der Waals surface area contributed by atoms with E-state index >= 15 is 0 Å². The standard InChI is InChI=1S/C18H27FN4O3.HI/c1-18(2,3)26-17(24)23-7-5-22(6-8-23)16(20)21-12-13-9-14(19)11-15(10-13)25-4;/h9-11H,5-8,12H2,1-4H3,(H2,20,21);1H. The summed E-state index contributed by atoms with van der Waals surface area (Å²) in [6.07, 6.45) is -0.320. The summed E-state index contributed by atoms with van der Waals surface area (Å²) in [5.74, 6) is 0.441. The van der Waals surface area contributed by atoms with Gasteiger partial charge in [0.15, 0.2) is 5.96 Å². The number of nitrogens with two attached hydrogens (primary N) is 1. The van der Waals surface area contributed by atoms with Crippen LogP contribution in [-0.4, -0.2) is 60.7 Å². The van der Waals surface area contributed by atoms with E-state index in [1.54, 1.807) is 11.0 Å². The normalized spacial score (nSPS) is 15.2. The predicted octanol–water partition coefficient (Wildman–Crippen LogP) is 2.82. The molecule has 0 saturated carbocycles. The van der Waals surface area contributed by atoms with Gasteiger partial charge in [-0.3, -0.25) is 0 Å². The van der Waals surface area contributed by atoms with Gasteiger partial charge >= 0.3 is 6.09 Å². The number of piperazine rings is 1. The second kappa shape index (κ2) is 9.95. The molecule has 152 valence electrons. The molecule has 0 bridgehead atoms. The first-order chi connectivity index (χ1) is 12.2. The SMILES string of the molecule is COc1cc(F)cc(CN=C(N)N2CCN(C(=O)OC(C)(C)C)CC2)c1.I. The van der Waals surface area contributed by atoms with Crippen LogP contribution in [-0.2, 0) is 11.3 Å². The Kier molecular flexibility index (Phi) is 8.58. The summed E-state index contributed by atoms with van der Waals surface area (Å²) in [7, 11) is 1.49. The van der Waals surface area contributed by atoms with Gasteiger partial charge in [0.2, 0.25) is 0 Å². The number of methoxy groups -OCH3 is 1. The van der Waals surface area contributed by atoms with Crippen molar-refractivity contribution in [3.63, 3.8) is 0 Å². The zero-order valence-corrected chi connectivity index (χ0v) is 18.5. The average molecular weight is 494 g/mol. The average Bonchev–Trinajstić information content (AvgIpc) is 2.57. The van der Waals surface area contributed by atoms with E-state index in [0.29, 0.717) is 43.5 Å². The second-order valence-electron chi connectivity index (χ2n) is 7.13. The molecule has 0 atom stereocenters. The summed E-state index contributed by atoms with van der Waals surface area (Å²) in [5.41, 5.74) is 6.21. The molecule has 0 radical (unpaired) electrons. The van der Waals surface area contributed by atoms with E-state index in [9.17, 15) is 9.18 Å². The minimum absolute atomic E-state index is 0. The molecule has 1 saturated heterocycles. The van der Waals surface area contributed by atoms with Gasteiger partial charge in [-0.05, 0) is 38.5 Å². The van der Waals surface area contributed by atoms with Crippen LogP contribution in [0.3, 0.4) is 0 Å². The van der Waals surface area contributed by atoms with Crippen LogP contribution < -0.4 is 10.5 Å². The van der Waals surface area contributed by atoms with Crippen LogP contribution in [0.2, 0.25) is 0 Å². The highest BCUT2D eigenvalue weighted by Crippen LogP contribution is 2.17. The molecule has 0 unspecified atom stereocenters. The van der Waals surface area contributed by atoms with E-state index < -0.39 is 5.60 Å². The molecule has 0 aliphatic carbocycles. The van der Waals surface area contributed by atoms with Gasteiger partial charge in [0.25, 0.3) is 0 Å². The zero-order chi connectivity index (χ0) is 19.3. The quantitative estimate of drug-likeness (QED) is 0.397. The number of guanidine groups is 1. The summed E-state index contributed by atoms with van der Waals surface area (Å²) in [4.78, 5) is 20.0. The van der Waals surface area contributed by atoms with Gasteiger partial charge in [0, 0.05) is 32.2 Å². The molecular weight excluding hydrogens is 466 g/mol. The van der Waals surface area contributed by atoms with Crippen LogP contribution in [0.15, 0.2) is 23.2 Å². The molecule has 2 N–H and O–H groups in total. The third kappa shape index (κ3) is 7.39. The molecule has 0 aromatic heterocycles. The summed E-state index contributed by atoms with van der Waals surface area (Å²) in [6, 6.07) is 4.44. The van der Waals surface area contributed by atoms with Crippen molar-refractivity contribution in [3.05, 3.63) is 29.6 Å². The van der Waals surface area contributed by atoms with Crippen LogP contribution in [0, 0.1) is 5.82 Å². The Hall–Kier alpha value is -1.78. The highest BCUT2D eigenvalue weighted by molar-refractivity contribution is 14.0. The number of aliphatic imine (C=N–C) groups is 1. The molecule has 1 aromatic carbocycles. The number of ether oxygens (including phenoxy) is 2. The topological polar surface area (TPSA) is 80.4 Å². The minimum Gasteiger partial charge on any atom is -0.497 e. The number of carbonyl (C=O) groups excluding carboxylic acids is 1. The molecule has 0 spiro atoms. The molecule has 2 rings (SSSR count). The number of hydrogen-bond donors (Lipinski definition) is 1. The Bertz CT molecular complexity index is 671. The first-order valence-electron chi connectivity index (χ1n) is 8.54. The van der Waals surface area contributed by atoms with Gasteiger partial charge in [0.1, 0.15) is 17.2 Å². The number of benzene rings is 1. The fourth-order valence-electron chi connectivity index (χ4n) is 2.55. The van der Waals surface area contributed by atoms with Crippen LogP contribution in [0.4, 0.5) is 9.18 Å². The van der Waals surface area contributed by atoms with E-state index in [1.807, 2.05) is 25.7 Å².